The summed E-state index contributed by atoms with van der Waals surface area (Å²) in [6.07, 6.45) is 4.67. The zero-order valence-corrected chi connectivity index (χ0v) is 16.0. The number of carbonyl (C=O) groups is 2. The van der Waals surface area contributed by atoms with Gasteiger partial charge in [-0.05, 0) is 30.9 Å². The molecule has 0 bridgehead atoms. The fourth-order valence-corrected chi connectivity index (χ4v) is 3.81. The van der Waals surface area contributed by atoms with E-state index in [0.29, 0.717) is 17.9 Å². The Bertz CT molecular complexity index is 646. The van der Waals surface area contributed by atoms with Gasteiger partial charge in [-0.1, -0.05) is 50.1 Å². The number of carboxylic acid groups (broad SMARTS) is 1. The molecule has 1 aromatic rings. The number of carbonyl (C=O) groups excluding carboxylic acids is 1. The van der Waals surface area contributed by atoms with Gasteiger partial charge in [-0.3, -0.25) is 4.90 Å². The Labute approximate surface area is 158 Å². The summed E-state index contributed by atoms with van der Waals surface area (Å²) in [5, 5.41) is 11.1. The Morgan fingerprint density at radius 2 is 1.88 bits per heavy atom. The van der Waals surface area contributed by atoms with E-state index in [9.17, 15) is 14.7 Å². The molecule has 0 fully saturated rings. The van der Waals surface area contributed by atoms with Gasteiger partial charge in [0.25, 0.3) is 0 Å². The molecule has 0 aliphatic carbocycles. The monoisotopic (exact) mass is 379 g/mol. The fraction of sp³-hybridized carbons (Fsp3) is 0.474. The Morgan fingerprint density at radius 3 is 2.50 bits per heavy atom. The lowest BCUT2D eigenvalue weighted by Gasteiger charge is -2.33. The minimum absolute atomic E-state index is 0.174. The Balaban J connectivity index is 2.16. The van der Waals surface area contributed by atoms with E-state index in [4.69, 9.17) is 9.47 Å². The van der Waals surface area contributed by atoms with E-state index >= 15 is 0 Å². The van der Waals surface area contributed by atoms with Crippen molar-refractivity contribution in [3.05, 3.63) is 41.4 Å². The summed E-state index contributed by atoms with van der Waals surface area (Å²) in [7, 11) is 0. The van der Waals surface area contributed by atoms with E-state index in [0.717, 1.165) is 29.5 Å². The first-order valence-corrected chi connectivity index (χ1v) is 9.71. The lowest BCUT2D eigenvalue weighted by molar-refractivity contribution is -0.150. The highest BCUT2D eigenvalue weighted by Crippen LogP contribution is 2.47. The van der Waals surface area contributed by atoms with Gasteiger partial charge in [0.15, 0.2) is 0 Å². The number of unbranched alkanes of at least 4 members (excludes halogenated alkanes) is 3. The number of benzene rings is 1. The Hall–Kier alpha value is -2.15. The molecule has 1 aliphatic heterocycles. The van der Waals surface area contributed by atoms with Crippen LogP contribution in [0, 0.1) is 0 Å². The van der Waals surface area contributed by atoms with Crippen LogP contribution in [0.15, 0.2) is 35.9 Å². The number of amides is 1. The van der Waals surface area contributed by atoms with Gasteiger partial charge < -0.3 is 14.6 Å². The average molecular weight is 379 g/mol. The number of esters is 1. The second-order valence-electron chi connectivity index (χ2n) is 5.85. The van der Waals surface area contributed by atoms with Gasteiger partial charge >= 0.3 is 12.1 Å². The minimum Gasteiger partial charge on any atom is -0.494 e. The summed E-state index contributed by atoms with van der Waals surface area (Å²) < 4.78 is 10.9. The highest BCUT2D eigenvalue weighted by atomic mass is 32.2. The first-order valence-electron chi connectivity index (χ1n) is 8.83. The van der Waals surface area contributed by atoms with Crippen LogP contribution < -0.4 is 4.74 Å². The molecular formula is C19H25NO5S. The van der Waals surface area contributed by atoms with Crippen LogP contribution in [0.4, 0.5) is 4.79 Å². The SMILES string of the molecule is CCCCCCOc1ccc(C2(C(=O)OCC)SC=CN2C(=O)O)cc1. The number of nitrogens with zero attached hydrogens (tertiary/aromatic N) is 1. The van der Waals surface area contributed by atoms with E-state index in [2.05, 4.69) is 6.92 Å². The van der Waals surface area contributed by atoms with E-state index in [1.807, 2.05) is 0 Å². The molecule has 0 saturated heterocycles. The molecule has 1 aromatic carbocycles. The highest BCUT2D eigenvalue weighted by Gasteiger charge is 2.52. The van der Waals surface area contributed by atoms with Crippen molar-refractivity contribution in [2.45, 2.75) is 44.4 Å². The molecule has 0 radical (unpaired) electrons. The molecule has 2 rings (SSSR count). The van der Waals surface area contributed by atoms with Crippen molar-refractivity contribution < 1.29 is 24.2 Å². The maximum absolute atomic E-state index is 12.6. The average Bonchev–Trinajstić information content (AvgIpc) is 3.09. The molecule has 7 heteroatoms. The molecule has 1 amide bonds. The van der Waals surface area contributed by atoms with E-state index in [1.54, 1.807) is 36.6 Å². The van der Waals surface area contributed by atoms with Crippen molar-refractivity contribution in [2.24, 2.45) is 0 Å². The second kappa shape index (κ2) is 9.52. The topological polar surface area (TPSA) is 76.1 Å². The van der Waals surface area contributed by atoms with E-state index in [-0.39, 0.29) is 6.61 Å². The molecule has 0 saturated carbocycles. The third kappa shape index (κ3) is 4.33. The van der Waals surface area contributed by atoms with Crippen molar-refractivity contribution in [2.75, 3.05) is 13.2 Å². The van der Waals surface area contributed by atoms with Crippen LogP contribution in [-0.4, -0.2) is 35.3 Å². The van der Waals surface area contributed by atoms with Crippen LogP contribution in [0.2, 0.25) is 0 Å². The van der Waals surface area contributed by atoms with Crippen LogP contribution in [0.25, 0.3) is 0 Å². The Kier molecular flexibility index (Phi) is 7.38. The standard InChI is InChI=1S/C19H25NO5S/c1-3-5-6-7-13-25-16-10-8-15(9-11-16)19(17(21)24-4-2)20(18(22)23)12-14-26-19/h8-12,14H,3-7,13H2,1-2H3,(H,22,23). The van der Waals surface area contributed by atoms with E-state index < -0.39 is 16.9 Å². The van der Waals surface area contributed by atoms with Crippen LogP contribution in [0.3, 0.4) is 0 Å². The molecule has 1 N–H and O–H groups in total. The molecule has 1 atom stereocenters. The normalized spacial score (nSPS) is 18.8. The van der Waals surface area contributed by atoms with Crippen molar-refractivity contribution in [1.82, 2.24) is 4.90 Å². The zero-order chi connectivity index (χ0) is 19.0. The summed E-state index contributed by atoms with van der Waals surface area (Å²) >= 11 is 1.11. The Morgan fingerprint density at radius 1 is 1.15 bits per heavy atom. The second-order valence-corrected chi connectivity index (χ2v) is 6.95. The van der Waals surface area contributed by atoms with Gasteiger partial charge in [0.05, 0.1) is 13.2 Å². The third-order valence-electron chi connectivity index (χ3n) is 4.06. The summed E-state index contributed by atoms with van der Waals surface area (Å²) in [5.74, 6) is 0.0905. The quantitative estimate of drug-likeness (QED) is 0.501. The molecule has 1 heterocycles. The zero-order valence-electron chi connectivity index (χ0n) is 15.1. The summed E-state index contributed by atoms with van der Waals surface area (Å²) in [6.45, 7) is 4.67. The number of ether oxygens (including phenoxy) is 2. The van der Waals surface area contributed by atoms with Crippen LogP contribution in [-0.2, 0) is 14.4 Å². The van der Waals surface area contributed by atoms with Crippen molar-refractivity contribution in [3.63, 3.8) is 0 Å². The molecule has 26 heavy (non-hydrogen) atoms. The molecule has 0 aromatic heterocycles. The van der Waals surface area contributed by atoms with Gasteiger partial charge in [-0.2, -0.15) is 0 Å². The minimum atomic E-state index is -1.46. The van der Waals surface area contributed by atoms with Gasteiger partial charge in [-0.15, -0.1) is 0 Å². The lowest BCUT2D eigenvalue weighted by Crippen LogP contribution is -2.48. The lowest BCUT2D eigenvalue weighted by atomic mass is 10.0. The largest absolute Gasteiger partial charge is 0.494 e. The first kappa shape index (κ1) is 20.2. The maximum atomic E-state index is 12.6. The molecular weight excluding hydrogens is 354 g/mol. The van der Waals surface area contributed by atoms with Gasteiger partial charge in [0.2, 0.25) is 4.87 Å². The van der Waals surface area contributed by atoms with Crippen molar-refractivity contribution in [3.8, 4) is 5.75 Å². The highest BCUT2D eigenvalue weighted by molar-refractivity contribution is 8.03. The predicted molar refractivity (Wildman–Crippen MR) is 101 cm³/mol. The molecule has 1 aliphatic rings. The number of hydrogen-bond donors (Lipinski definition) is 1. The van der Waals surface area contributed by atoms with Gasteiger partial charge in [0, 0.05) is 11.8 Å². The van der Waals surface area contributed by atoms with Crippen LogP contribution >= 0.6 is 11.8 Å². The smallest absolute Gasteiger partial charge is 0.413 e. The molecule has 0 spiro atoms. The number of thioether (sulfide) groups is 1. The predicted octanol–water partition coefficient (Wildman–Crippen LogP) is 4.56. The molecule has 142 valence electrons. The fourth-order valence-electron chi connectivity index (χ4n) is 2.75. The first-order chi connectivity index (χ1) is 12.6. The maximum Gasteiger partial charge on any atom is 0.413 e. The van der Waals surface area contributed by atoms with Crippen molar-refractivity contribution in [1.29, 1.82) is 0 Å². The van der Waals surface area contributed by atoms with E-state index in [1.165, 1.54) is 19.0 Å². The molecule has 1 unspecified atom stereocenters. The number of rotatable bonds is 9. The van der Waals surface area contributed by atoms with Gasteiger partial charge in [0.1, 0.15) is 5.75 Å². The van der Waals surface area contributed by atoms with Gasteiger partial charge in [-0.25, -0.2) is 9.59 Å². The molecule has 6 nitrogen and oxygen atoms in total. The summed E-state index contributed by atoms with van der Waals surface area (Å²) in [5.41, 5.74) is 0.534. The summed E-state index contributed by atoms with van der Waals surface area (Å²) in [6, 6.07) is 6.95. The van der Waals surface area contributed by atoms with Crippen LogP contribution in [0.5, 0.6) is 5.75 Å². The third-order valence-corrected chi connectivity index (χ3v) is 5.26. The number of hydrogen-bond acceptors (Lipinski definition) is 5. The van der Waals surface area contributed by atoms with Crippen LogP contribution in [0.1, 0.15) is 45.1 Å². The summed E-state index contributed by atoms with van der Waals surface area (Å²) in [4.78, 5) is 23.8. The van der Waals surface area contributed by atoms with Crippen molar-refractivity contribution >= 4 is 23.8 Å².